The lowest BCUT2D eigenvalue weighted by atomic mass is 10.0. The van der Waals surface area contributed by atoms with Crippen molar-refractivity contribution >= 4 is 52.5 Å². The normalized spacial score (nSPS) is 15.4. The van der Waals surface area contributed by atoms with Crippen LogP contribution in [0.5, 0.6) is 0 Å². The second kappa shape index (κ2) is 8.68. The topological polar surface area (TPSA) is 67.2 Å². The van der Waals surface area contributed by atoms with Gasteiger partial charge in [0.15, 0.2) is 5.11 Å². The van der Waals surface area contributed by atoms with Gasteiger partial charge in [-0.1, -0.05) is 48.0 Å². The van der Waals surface area contributed by atoms with Crippen molar-refractivity contribution in [3.05, 3.63) is 87.2 Å². The summed E-state index contributed by atoms with van der Waals surface area (Å²) in [6, 6.07) is 15.0. The van der Waals surface area contributed by atoms with Crippen molar-refractivity contribution in [2.75, 3.05) is 4.90 Å². The fraction of sp³-hybridized carbons (Fsp3) is 0.167. The third-order valence-corrected chi connectivity index (χ3v) is 6.12. The van der Waals surface area contributed by atoms with Crippen molar-refractivity contribution in [1.82, 2.24) is 15.1 Å². The van der Waals surface area contributed by atoms with Crippen molar-refractivity contribution in [2.24, 2.45) is 0 Å². The van der Waals surface area contributed by atoms with Crippen LogP contribution in [0.25, 0.3) is 6.08 Å². The number of halogens is 1. The molecule has 1 aliphatic heterocycles. The number of aromatic nitrogens is 2. The number of benzene rings is 2. The minimum absolute atomic E-state index is 0.00495. The monoisotopic (exact) mass is 464 g/mol. The van der Waals surface area contributed by atoms with Crippen molar-refractivity contribution in [3.8, 4) is 0 Å². The first kappa shape index (κ1) is 21.9. The molecule has 8 heteroatoms. The Hall–Kier alpha value is -3.29. The molecule has 1 saturated heterocycles. The van der Waals surface area contributed by atoms with Crippen molar-refractivity contribution < 1.29 is 9.59 Å². The average molecular weight is 465 g/mol. The van der Waals surface area contributed by atoms with Crippen LogP contribution in [-0.4, -0.2) is 26.7 Å². The summed E-state index contributed by atoms with van der Waals surface area (Å²) in [4.78, 5) is 27.4. The van der Waals surface area contributed by atoms with Crippen LogP contribution in [0.1, 0.15) is 28.1 Å². The summed E-state index contributed by atoms with van der Waals surface area (Å²) in [6.07, 6.45) is 1.59. The number of amides is 2. The van der Waals surface area contributed by atoms with E-state index in [0.29, 0.717) is 28.5 Å². The van der Waals surface area contributed by atoms with Gasteiger partial charge in [-0.05, 0) is 62.3 Å². The Balaban J connectivity index is 1.73. The van der Waals surface area contributed by atoms with Crippen molar-refractivity contribution in [1.29, 1.82) is 0 Å². The van der Waals surface area contributed by atoms with E-state index in [1.54, 1.807) is 12.1 Å². The fourth-order valence-corrected chi connectivity index (χ4v) is 4.17. The molecule has 2 amide bonds. The highest BCUT2D eigenvalue weighted by molar-refractivity contribution is 7.80. The summed E-state index contributed by atoms with van der Waals surface area (Å²) >= 11 is 11.6. The summed E-state index contributed by atoms with van der Waals surface area (Å²) in [5.74, 6) is -0.992. The molecule has 4 rings (SSSR count). The molecule has 1 aromatic heterocycles. The molecule has 6 nitrogen and oxygen atoms in total. The third kappa shape index (κ3) is 3.97. The molecule has 0 aliphatic carbocycles. The maximum absolute atomic E-state index is 13.3. The zero-order chi connectivity index (χ0) is 23.0. The van der Waals surface area contributed by atoms with Crippen LogP contribution in [0, 0.1) is 20.8 Å². The molecule has 1 fully saturated rings. The molecule has 2 heterocycles. The van der Waals surface area contributed by atoms with Gasteiger partial charge in [-0.15, -0.1) is 0 Å². The van der Waals surface area contributed by atoms with Gasteiger partial charge in [-0.25, -0.2) is 0 Å². The van der Waals surface area contributed by atoms with E-state index < -0.39 is 11.8 Å². The number of carbonyl (C=O) groups is 2. The third-order valence-electron chi connectivity index (χ3n) is 5.46. The molecule has 3 aromatic rings. The molecule has 0 bridgehead atoms. The second-order valence-corrected chi connectivity index (χ2v) is 8.37. The summed E-state index contributed by atoms with van der Waals surface area (Å²) in [6.45, 7) is 6.11. The number of anilines is 1. The molecule has 1 aliphatic rings. The first-order chi connectivity index (χ1) is 15.3. The summed E-state index contributed by atoms with van der Waals surface area (Å²) in [7, 11) is 0. The fourth-order valence-electron chi connectivity index (χ4n) is 3.70. The predicted molar refractivity (Wildman–Crippen MR) is 130 cm³/mol. The lowest BCUT2D eigenvalue weighted by Crippen LogP contribution is -2.54. The Kier molecular flexibility index (Phi) is 5.95. The maximum atomic E-state index is 13.3. The van der Waals surface area contributed by atoms with Gasteiger partial charge in [0.05, 0.1) is 17.9 Å². The quantitative estimate of drug-likeness (QED) is 0.354. The first-order valence-corrected chi connectivity index (χ1v) is 10.8. The van der Waals surface area contributed by atoms with E-state index in [9.17, 15) is 9.59 Å². The zero-order valence-electron chi connectivity index (χ0n) is 17.8. The number of thiocarbonyl (C=S) groups is 1. The van der Waals surface area contributed by atoms with E-state index in [2.05, 4.69) is 10.4 Å². The summed E-state index contributed by atoms with van der Waals surface area (Å²) in [5, 5.41) is 7.95. The van der Waals surface area contributed by atoms with Gasteiger partial charge in [0.25, 0.3) is 11.8 Å². The average Bonchev–Trinajstić information content (AvgIpc) is 3.01. The molecule has 0 radical (unpaired) electrons. The van der Waals surface area contributed by atoms with Crippen molar-refractivity contribution in [3.63, 3.8) is 0 Å². The van der Waals surface area contributed by atoms with Crippen LogP contribution in [0.3, 0.4) is 0 Å². The number of nitrogens with one attached hydrogen (secondary N) is 1. The highest BCUT2D eigenvalue weighted by Crippen LogP contribution is 2.27. The van der Waals surface area contributed by atoms with Crippen LogP contribution >= 0.6 is 23.8 Å². The van der Waals surface area contributed by atoms with Crippen LogP contribution in [0.4, 0.5) is 5.69 Å². The molecule has 0 unspecified atom stereocenters. The number of aryl methyl sites for hydroxylation is 2. The van der Waals surface area contributed by atoms with E-state index >= 15 is 0 Å². The van der Waals surface area contributed by atoms with E-state index in [4.69, 9.17) is 23.8 Å². The summed E-state index contributed by atoms with van der Waals surface area (Å²) < 4.78 is 1.82. The van der Waals surface area contributed by atoms with Gasteiger partial charge in [0, 0.05) is 16.3 Å². The number of rotatable bonds is 4. The number of nitrogens with zero attached hydrogens (tertiary/aromatic N) is 3. The van der Waals surface area contributed by atoms with E-state index in [0.717, 1.165) is 16.8 Å². The molecule has 0 atom stereocenters. The van der Waals surface area contributed by atoms with Gasteiger partial charge < -0.3 is 0 Å². The maximum Gasteiger partial charge on any atom is 0.270 e. The molecule has 2 aromatic carbocycles. The Labute approximate surface area is 196 Å². The van der Waals surface area contributed by atoms with Crippen LogP contribution < -0.4 is 10.2 Å². The smallest absolute Gasteiger partial charge is 0.270 e. The highest BCUT2D eigenvalue weighted by atomic mass is 35.5. The molecular formula is C24H21ClN4O2S. The number of hydrogen-bond acceptors (Lipinski definition) is 4. The Morgan fingerprint density at radius 2 is 1.75 bits per heavy atom. The standard InChI is InChI=1S/C24H21ClN4O2S/c1-14-8-4-7-11-21(14)29-23(31)19(22(30)26-24(29)32)12-18-15(2)27-28(16(18)3)13-17-9-5-6-10-20(17)25/h4-12H,13H2,1-3H3,(H,26,30,32). The lowest BCUT2D eigenvalue weighted by Gasteiger charge is -2.30. The SMILES string of the molecule is Cc1ccccc1N1C(=O)C(=Cc2c(C)nn(Cc3ccccc3Cl)c2C)C(=O)NC1=S. The van der Waals surface area contributed by atoms with Gasteiger partial charge in [0.2, 0.25) is 0 Å². The minimum Gasteiger partial charge on any atom is -0.298 e. The number of carbonyl (C=O) groups excluding carboxylic acids is 2. The van der Waals surface area contributed by atoms with Gasteiger partial charge >= 0.3 is 0 Å². The minimum atomic E-state index is -0.525. The van der Waals surface area contributed by atoms with Gasteiger partial charge in [0.1, 0.15) is 5.57 Å². The van der Waals surface area contributed by atoms with Crippen LogP contribution in [-0.2, 0) is 16.1 Å². The van der Waals surface area contributed by atoms with E-state index in [1.165, 1.54) is 4.90 Å². The Morgan fingerprint density at radius 3 is 2.47 bits per heavy atom. The Bertz CT molecular complexity index is 1290. The molecule has 162 valence electrons. The predicted octanol–water partition coefficient (Wildman–Crippen LogP) is 4.34. The number of hydrogen-bond donors (Lipinski definition) is 1. The zero-order valence-corrected chi connectivity index (χ0v) is 19.4. The van der Waals surface area contributed by atoms with E-state index in [-0.39, 0.29) is 10.7 Å². The highest BCUT2D eigenvalue weighted by Gasteiger charge is 2.35. The molecule has 32 heavy (non-hydrogen) atoms. The van der Waals surface area contributed by atoms with Crippen LogP contribution in [0.2, 0.25) is 5.02 Å². The van der Waals surface area contributed by atoms with Crippen LogP contribution in [0.15, 0.2) is 54.1 Å². The van der Waals surface area contributed by atoms with Gasteiger partial charge in [-0.3, -0.25) is 24.5 Å². The Morgan fingerprint density at radius 1 is 1.06 bits per heavy atom. The largest absolute Gasteiger partial charge is 0.298 e. The van der Waals surface area contributed by atoms with Crippen molar-refractivity contribution in [2.45, 2.75) is 27.3 Å². The molecule has 1 N–H and O–H groups in total. The molecular weight excluding hydrogens is 444 g/mol. The summed E-state index contributed by atoms with van der Waals surface area (Å²) in [5.41, 5.74) is 4.69. The molecule has 0 spiro atoms. The van der Waals surface area contributed by atoms with Gasteiger partial charge in [-0.2, -0.15) is 5.10 Å². The number of para-hydroxylation sites is 1. The second-order valence-electron chi connectivity index (χ2n) is 7.58. The van der Waals surface area contributed by atoms with E-state index in [1.807, 2.05) is 67.9 Å². The molecule has 0 saturated carbocycles. The first-order valence-electron chi connectivity index (χ1n) is 10.0. The lowest BCUT2D eigenvalue weighted by molar-refractivity contribution is -0.122.